The van der Waals surface area contributed by atoms with Crippen molar-refractivity contribution in [3.8, 4) is 5.88 Å². The van der Waals surface area contributed by atoms with Crippen LogP contribution in [0.4, 0.5) is 5.95 Å². The molecule has 1 aromatic carbocycles. The summed E-state index contributed by atoms with van der Waals surface area (Å²) in [6, 6.07) is 10.1. The van der Waals surface area contributed by atoms with Crippen LogP contribution in [0.2, 0.25) is 0 Å². The summed E-state index contributed by atoms with van der Waals surface area (Å²) in [4.78, 5) is 15.2. The van der Waals surface area contributed by atoms with Crippen molar-refractivity contribution in [2.45, 2.75) is 30.4 Å². The number of ether oxygens (including phenoxy) is 1. The molecule has 0 amide bonds. The van der Waals surface area contributed by atoms with Gasteiger partial charge in [0.05, 0.1) is 25.6 Å². The van der Waals surface area contributed by atoms with Crippen molar-refractivity contribution in [1.29, 1.82) is 0 Å². The van der Waals surface area contributed by atoms with Crippen LogP contribution in [-0.2, 0) is 5.41 Å². The second kappa shape index (κ2) is 6.60. The maximum absolute atomic E-state index is 11.5. The molecule has 0 saturated carbocycles. The van der Waals surface area contributed by atoms with Crippen molar-refractivity contribution in [3.63, 3.8) is 0 Å². The molecule has 3 heterocycles. The van der Waals surface area contributed by atoms with Gasteiger partial charge < -0.3 is 19.3 Å². The monoisotopic (exact) mass is 377 g/mol. The van der Waals surface area contributed by atoms with Crippen molar-refractivity contribution in [2.75, 3.05) is 25.1 Å². The van der Waals surface area contributed by atoms with E-state index in [1.54, 1.807) is 31.9 Å². The number of benzene rings is 1. The van der Waals surface area contributed by atoms with E-state index in [2.05, 4.69) is 38.1 Å². The van der Waals surface area contributed by atoms with E-state index in [4.69, 9.17) is 4.74 Å². The normalized spacial score (nSPS) is 23.0. The number of imidazole rings is 1. The number of aliphatic hydroxyl groups is 1. The third kappa shape index (κ3) is 2.50. The molecule has 7 nitrogen and oxygen atoms in total. The molecule has 1 fully saturated rings. The molecule has 0 bridgehead atoms. The lowest BCUT2D eigenvalue weighted by atomic mass is 9.72. The van der Waals surface area contributed by atoms with Gasteiger partial charge in [-0.15, -0.1) is 0 Å². The van der Waals surface area contributed by atoms with E-state index in [0.29, 0.717) is 11.8 Å². The zero-order valence-electron chi connectivity index (χ0n) is 15.8. The van der Waals surface area contributed by atoms with E-state index >= 15 is 0 Å². The van der Waals surface area contributed by atoms with Crippen molar-refractivity contribution in [1.82, 2.24) is 19.5 Å². The Morgan fingerprint density at radius 3 is 2.71 bits per heavy atom. The largest absolute Gasteiger partial charge is 0.481 e. The van der Waals surface area contributed by atoms with Crippen LogP contribution in [0.25, 0.3) is 0 Å². The highest BCUT2D eigenvalue weighted by Crippen LogP contribution is 2.52. The fourth-order valence-electron chi connectivity index (χ4n) is 4.87. The Kier molecular flexibility index (Phi) is 4.05. The highest BCUT2D eigenvalue weighted by Gasteiger charge is 2.53. The minimum absolute atomic E-state index is 0.0988. The predicted octanol–water partition coefficient (Wildman–Crippen LogP) is 2.18. The maximum atomic E-state index is 11.5. The number of nitrogens with zero attached hydrogens (tertiary/aromatic N) is 5. The minimum Gasteiger partial charge on any atom is -0.481 e. The second-order valence-electron chi connectivity index (χ2n) is 7.53. The molecule has 2 aliphatic rings. The zero-order valence-corrected chi connectivity index (χ0v) is 15.8. The van der Waals surface area contributed by atoms with Gasteiger partial charge in [0.25, 0.3) is 0 Å². The Morgan fingerprint density at radius 1 is 1.14 bits per heavy atom. The van der Waals surface area contributed by atoms with Gasteiger partial charge in [-0.3, -0.25) is 0 Å². The minimum atomic E-state index is -0.493. The Morgan fingerprint density at radius 2 is 1.96 bits per heavy atom. The lowest BCUT2D eigenvalue weighted by Gasteiger charge is -2.42. The van der Waals surface area contributed by atoms with Crippen LogP contribution in [0.3, 0.4) is 0 Å². The highest BCUT2D eigenvalue weighted by atomic mass is 16.5. The van der Waals surface area contributed by atoms with Crippen molar-refractivity contribution in [2.24, 2.45) is 0 Å². The van der Waals surface area contributed by atoms with Gasteiger partial charge in [-0.25, -0.2) is 9.97 Å². The van der Waals surface area contributed by atoms with Gasteiger partial charge in [0.15, 0.2) is 0 Å². The van der Waals surface area contributed by atoms with Gasteiger partial charge in [0.1, 0.15) is 0 Å². The third-order valence-corrected chi connectivity index (χ3v) is 6.29. The van der Waals surface area contributed by atoms with Gasteiger partial charge in [-0.1, -0.05) is 24.3 Å². The van der Waals surface area contributed by atoms with Crippen LogP contribution in [-0.4, -0.2) is 50.9 Å². The molecule has 1 aliphatic carbocycles. The number of hydrogen-bond acceptors (Lipinski definition) is 6. The smallest absolute Gasteiger partial charge is 0.228 e. The summed E-state index contributed by atoms with van der Waals surface area (Å²) in [5.41, 5.74) is 2.19. The standard InChI is InChI=1S/C21H23N5O2/c1-28-17-6-9-23-20(24-17)25-11-7-21(8-12-25)16-5-3-2-4-15(16)18(19(21)27)26-13-10-22-14-26/h2-6,9-10,13-14,18-19,27H,7-8,11-12H2,1H3/t18-,19+/m1/s1. The fourth-order valence-corrected chi connectivity index (χ4v) is 4.87. The van der Waals surface area contributed by atoms with E-state index in [-0.39, 0.29) is 11.5 Å². The van der Waals surface area contributed by atoms with Crippen molar-refractivity contribution < 1.29 is 9.84 Å². The maximum Gasteiger partial charge on any atom is 0.228 e. The average Bonchev–Trinajstić information content (AvgIpc) is 3.35. The summed E-state index contributed by atoms with van der Waals surface area (Å²) in [6.45, 7) is 1.57. The molecule has 1 spiro atoms. The summed E-state index contributed by atoms with van der Waals surface area (Å²) in [5, 5.41) is 11.5. The first-order valence-corrected chi connectivity index (χ1v) is 9.60. The van der Waals surface area contributed by atoms with Crippen molar-refractivity contribution >= 4 is 5.95 Å². The molecular weight excluding hydrogens is 354 g/mol. The van der Waals surface area contributed by atoms with Crippen LogP contribution < -0.4 is 9.64 Å². The number of rotatable bonds is 3. The lowest BCUT2D eigenvalue weighted by Crippen LogP contribution is -2.49. The van der Waals surface area contributed by atoms with Gasteiger partial charge in [0.2, 0.25) is 11.8 Å². The van der Waals surface area contributed by atoms with Gasteiger partial charge >= 0.3 is 0 Å². The molecule has 28 heavy (non-hydrogen) atoms. The number of anilines is 1. The Balaban J connectivity index is 1.46. The first-order chi connectivity index (χ1) is 13.7. The average molecular weight is 377 g/mol. The highest BCUT2D eigenvalue weighted by molar-refractivity contribution is 5.47. The molecule has 2 aromatic heterocycles. The molecule has 5 rings (SSSR count). The van der Waals surface area contributed by atoms with E-state index in [1.165, 1.54) is 11.1 Å². The molecule has 1 aliphatic heterocycles. The summed E-state index contributed by atoms with van der Waals surface area (Å²) >= 11 is 0. The molecule has 144 valence electrons. The quantitative estimate of drug-likeness (QED) is 0.754. The van der Waals surface area contributed by atoms with Crippen LogP contribution in [0.1, 0.15) is 30.0 Å². The molecular formula is C21H23N5O2. The van der Waals surface area contributed by atoms with Crippen LogP contribution in [0.5, 0.6) is 5.88 Å². The predicted molar refractivity (Wildman–Crippen MR) is 105 cm³/mol. The molecule has 2 atom stereocenters. The first-order valence-electron chi connectivity index (χ1n) is 9.60. The molecule has 1 N–H and O–H groups in total. The zero-order chi connectivity index (χ0) is 19.1. The van der Waals surface area contributed by atoms with Crippen LogP contribution >= 0.6 is 0 Å². The number of aliphatic hydroxyl groups excluding tert-OH is 1. The topological polar surface area (TPSA) is 76.3 Å². The molecule has 3 aromatic rings. The first kappa shape index (κ1) is 17.2. The van der Waals surface area contributed by atoms with E-state index < -0.39 is 6.10 Å². The fraction of sp³-hybridized carbons (Fsp3) is 0.381. The number of piperidine rings is 1. The Hall–Kier alpha value is -2.93. The SMILES string of the molecule is COc1ccnc(N2CCC3(CC2)c2ccccc2[C@@H](n2ccnc2)[C@@H]3O)n1. The number of aromatic nitrogens is 4. The molecule has 0 unspecified atom stereocenters. The molecule has 0 radical (unpaired) electrons. The number of hydrogen-bond donors (Lipinski definition) is 1. The van der Waals surface area contributed by atoms with Crippen LogP contribution in [0.15, 0.2) is 55.2 Å². The third-order valence-electron chi connectivity index (χ3n) is 6.29. The summed E-state index contributed by atoms with van der Waals surface area (Å²) in [6.07, 6.45) is 8.41. The summed E-state index contributed by atoms with van der Waals surface area (Å²) in [7, 11) is 1.61. The van der Waals surface area contributed by atoms with Gasteiger partial charge in [-0.05, 0) is 24.0 Å². The summed E-state index contributed by atoms with van der Waals surface area (Å²) < 4.78 is 7.26. The summed E-state index contributed by atoms with van der Waals surface area (Å²) in [5.74, 6) is 1.25. The Labute approximate surface area is 163 Å². The second-order valence-corrected chi connectivity index (χ2v) is 7.53. The van der Waals surface area contributed by atoms with Gasteiger partial charge in [0, 0.05) is 43.2 Å². The molecule has 1 saturated heterocycles. The van der Waals surface area contributed by atoms with Crippen LogP contribution in [0, 0.1) is 0 Å². The lowest BCUT2D eigenvalue weighted by molar-refractivity contribution is 0.0491. The van der Waals surface area contributed by atoms with E-state index in [0.717, 1.165) is 25.9 Å². The van der Waals surface area contributed by atoms with Crippen molar-refractivity contribution in [3.05, 3.63) is 66.4 Å². The molecule has 7 heteroatoms. The number of methoxy groups -OCH3 is 1. The number of fused-ring (bicyclic) bond motifs is 2. The van der Waals surface area contributed by atoms with Gasteiger partial charge in [-0.2, -0.15) is 4.98 Å². The Bertz CT molecular complexity index is 966. The van der Waals surface area contributed by atoms with E-state index in [1.807, 2.05) is 16.8 Å². The van der Waals surface area contributed by atoms with E-state index in [9.17, 15) is 5.11 Å².